The molecule has 1 aromatic carbocycles. The predicted octanol–water partition coefficient (Wildman–Crippen LogP) is 2.71. The number of nitrogens with zero attached hydrogens (tertiary/aromatic N) is 4. The van der Waals surface area contributed by atoms with Crippen molar-refractivity contribution < 1.29 is 4.74 Å². The van der Waals surface area contributed by atoms with Crippen molar-refractivity contribution in [1.82, 2.24) is 15.2 Å². The third-order valence-electron chi connectivity index (χ3n) is 2.66. The van der Waals surface area contributed by atoms with Crippen LogP contribution >= 0.6 is 11.3 Å². The number of ether oxygens (including phenoxy) is 1. The molecule has 0 fully saturated rings. The number of nitrogens with one attached hydrogen (secondary N) is 1. The SMILES string of the molecule is COc1ccc2nc(Nc3nnccc3C#N)sc2c1. The molecule has 3 rings (SSSR count). The lowest BCUT2D eigenvalue weighted by Crippen LogP contribution is -1.97. The highest BCUT2D eigenvalue weighted by molar-refractivity contribution is 7.22. The minimum atomic E-state index is 0.404. The molecule has 2 heterocycles. The van der Waals surface area contributed by atoms with Crippen molar-refractivity contribution in [2.75, 3.05) is 12.4 Å². The van der Waals surface area contributed by atoms with E-state index >= 15 is 0 Å². The van der Waals surface area contributed by atoms with E-state index in [9.17, 15) is 0 Å². The fourth-order valence-corrected chi connectivity index (χ4v) is 2.59. The van der Waals surface area contributed by atoms with Gasteiger partial charge in [0.15, 0.2) is 10.9 Å². The smallest absolute Gasteiger partial charge is 0.189 e. The van der Waals surface area contributed by atoms with Crippen LogP contribution in [0.5, 0.6) is 5.75 Å². The highest BCUT2D eigenvalue weighted by Gasteiger charge is 2.09. The second-order valence-electron chi connectivity index (χ2n) is 3.88. The van der Waals surface area contributed by atoms with Crippen LogP contribution in [0.2, 0.25) is 0 Å². The predicted molar refractivity (Wildman–Crippen MR) is 76.2 cm³/mol. The molecule has 20 heavy (non-hydrogen) atoms. The summed E-state index contributed by atoms with van der Waals surface area (Å²) in [7, 11) is 1.63. The van der Waals surface area contributed by atoms with E-state index in [1.165, 1.54) is 17.5 Å². The van der Waals surface area contributed by atoms with Crippen LogP contribution in [-0.2, 0) is 0 Å². The Morgan fingerprint density at radius 3 is 3.05 bits per heavy atom. The average Bonchev–Trinajstić information content (AvgIpc) is 2.89. The maximum absolute atomic E-state index is 9.01. The molecule has 3 aromatic rings. The van der Waals surface area contributed by atoms with Gasteiger partial charge in [-0.2, -0.15) is 10.4 Å². The lowest BCUT2D eigenvalue weighted by molar-refractivity contribution is 0.415. The van der Waals surface area contributed by atoms with Gasteiger partial charge in [0.1, 0.15) is 11.8 Å². The molecule has 98 valence electrons. The van der Waals surface area contributed by atoms with Crippen molar-refractivity contribution in [2.24, 2.45) is 0 Å². The lowest BCUT2D eigenvalue weighted by Gasteiger charge is -2.00. The molecule has 0 aliphatic rings. The highest BCUT2D eigenvalue weighted by atomic mass is 32.1. The van der Waals surface area contributed by atoms with Crippen molar-refractivity contribution >= 4 is 32.5 Å². The number of aromatic nitrogens is 3. The Bertz CT molecular complexity index is 808. The minimum Gasteiger partial charge on any atom is -0.497 e. The fourth-order valence-electron chi connectivity index (χ4n) is 1.70. The molecule has 0 saturated carbocycles. The van der Waals surface area contributed by atoms with Gasteiger partial charge >= 0.3 is 0 Å². The minimum absolute atomic E-state index is 0.404. The van der Waals surface area contributed by atoms with Gasteiger partial charge in [0.05, 0.1) is 29.1 Å². The Labute approximate surface area is 118 Å². The second kappa shape index (κ2) is 5.11. The first-order chi connectivity index (χ1) is 9.80. The average molecular weight is 283 g/mol. The first-order valence-corrected chi connectivity index (χ1v) is 6.55. The molecule has 0 atom stereocenters. The molecule has 2 aromatic heterocycles. The van der Waals surface area contributed by atoms with Gasteiger partial charge < -0.3 is 10.1 Å². The summed E-state index contributed by atoms with van der Waals surface area (Å²) >= 11 is 1.46. The fraction of sp³-hybridized carbons (Fsp3) is 0.0769. The number of rotatable bonds is 3. The molecule has 0 aliphatic heterocycles. The van der Waals surface area contributed by atoms with E-state index < -0.39 is 0 Å². The van der Waals surface area contributed by atoms with Crippen LogP contribution in [0.1, 0.15) is 5.56 Å². The van der Waals surface area contributed by atoms with Gasteiger partial charge in [0.25, 0.3) is 0 Å². The number of hydrogen-bond acceptors (Lipinski definition) is 7. The molecule has 0 radical (unpaired) electrons. The molecule has 0 amide bonds. The molecule has 0 bridgehead atoms. The van der Waals surface area contributed by atoms with Crippen LogP contribution in [0.15, 0.2) is 30.5 Å². The number of anilines is 2. The molecule has 0 aliphatic carbocycles. The number of thiazole rings is 1. The summed E-state index contributed by atoms with van der Waals surface area (Å²) in [5.41, 5.74) is 1.29. The van der Waals surface area contributed by atoms with Crippen LogP contribution in [0.3, 0.4) is 0 Å². The van der Waals surface area contributed by atoms with Crippen molar-refractivity contribution in [2.45, 2.75) is 0 Å². The van der Waals surface area contributed by atoms with Gasteiger partial charge in [0, 0.05) is 0 Å². The summed E-state index contributed by atoms with van der Waals surface area (Å²) < 4.78 is 6.17. The molecule has 0 saturated heterocycles. The number of benzene rings is 1. The number of hydrogen-bond donors (Lipinski definition) is 1. The van der Waals surface area contributed by atoms with Gasteiger partial charge in [-0.3, -0.25) is 0 Å². The Kier molecular flexibility index (Phi) is 3.15. The summed E-state index contributed by atoms with van der Waals surface area (Å²) in [6.07, 6.45) is 1.48. The Morgan fingerprint density at radius 2 is 2.25 bits per heavy atom. The monoisotopic (exact) mass is 283 g/mol. The topological polar surface area (TPSA) is 83.7 Å². The zero-order valence-electron chi connectivity index (χ0n) is 10.5. The van der Waals surface area contributed by atoms with Crippen molar-refractivity contribution in [3.05, 3.63) is 36.0 Å². The van der Waals surface area contributed by atoms with Crippen molar-refractivity contribution in [3.8, 4) is 11.8 Å². The standard InChI is InChI=1S/C13H9N5OS/c1-19-9-2-3-10-11(6-9)20-13(16-10)17-12-8(7-14)4-5-15-18-12/h2-6H,1H3,(H,16,17,18). The lowest BCUT2D eigenvalue weighted by atomic mass is 10.3. The van der Waals surface area contributed by atoms with Gasteiger partial charge in [-0.1, -0.05) is 11.3 Å². The number of fused-ring (bicyclic) bond motifs is 1. The zero-order chi connectivity index (χ0) is 13.9. The van der Waals surface area contributed by atoms with Crippen LogP contribution < -0.4 is 10.1 Å². The summed E-state index contributed by atoms with van der Waals surface area (Å²) in [6.45, 7) is 0. The van der Waals surface area contributed by atoms with E-state index in [0.717, 1.165) is 16.0 Å². The Hall–Kier alpha value is -2.72. The quantitative estimate of drug-likeness (QED) is 0.795. The van der Waals surface area contributed by atoms with Crippen LogP contribution in [0.25, 0.3) is 10.2 Å². The second-order valence-corrected chi connectivity index (χ2v) is 4.91. The van der Waals surface area contributed by atoms with Crippen molar-refractivity contribution in [1.29, 1.82) is 5.26 Å². The maximum Gasteiger partial charge on any atom is 0.189 e. The van der Waals surface area contributed by atoms with Crippen LogP contribution in [0, 0.1) is 11.3 Å². The zero-order valence-corrected chi connectivity index (χ0v) is 11.3. The van der Waals surface area contributed by atoms with Crippen LogP contribution in [-0.4, -0.2) is 22.3 Å². The highest BCUT2D eigenvalue weighted by Crippen LogP contribution is 2.30. The third kappa shape index (κ3) is 2.24. The summed E-state index contributed by atoms with van der Waals surface area (Å²) in [5.74, 6) is 1.19. The Morgan fingerprint density at radius 1 is 1.35 bits per heavy atom. The maximum atomic E-state index is 9.01. The summed E-state index contributed by atoms with van der Waals surface area (Å²) in [6, 6.07) is 9.32. The summed E-state index contributed by atoms with van der Waals surface area (Å²) in [5, 5.41) is 20.4. The van der Waals surface area contributed by atoms with E-state index in [1.54, 1.807) is 13.2 Å². The largest absolute Gasteiger partial charge is 0.497 e. The molecular weight excluding hydrogens is 274 g/mol. The van der Waals surface area contributed by atoms with E-state index in [1.807, 2.05) is 18.2 Å². The van der Waals surface area contributed by atoms with Gasteiger partial charge in [-0.05, 0) is 24.3 Å². The Balaban J connectivity index is 1.97. The molecular formula is C13H9N5OS. The van der Waals surface area contributed by atoms with E-state index in [-0.39, 0.29) is 0 Å². The van der Waals surface area contributed by atoms with Crippen LogP contribution in [0.4, 0.5) is 10.9 Å². The van der Waals surface area contributed by atoms with Gasteiger partial charge in [-0.15, -0.1) is 5.10 Å². The molecule has 6 nitrogen and oxygen atoms in total. The molecule has 0 spiro atoms. The normalized spacial score (nSPS) is 10.2. The first kappa shape index (κ1) is 12.3. The summed E-state index contributed by atoms with van der Waals surface area (Å²) in [4.78, 5) is 4.43. The van der Waals surface area contributed by atoms with E-state index in [0.29, 0.717) is 16.5 Å². The molecule has 1 N–H and O–H groups in total. The number of methoxy groups -OCH3 is 1. The molecule has 7 heteroatoms. The molecule has 0 unspecified atom stereocenters. The van der Waals surface area contributed by atoms with E-state index in [4.69, 9.17) is 10.00 Å². The van der Waals surface area contributed by atoms with Crippen molar-refractivity contribution in [3.63, 3.8) is 0 Å². The van der Waals surface area contributed by atoms with Gasteiger partial charge in [-0.25, -0.2) is 4.98 Å². The van der Waals surface area contributed by atoms with E-state index in [2.05, 4.69) is 26.6 Å². The first-order valence-electron chi connectivity index (χ1n) is 5.73. The number of nitriles is 1. The third-order valence-corrected chi connectivity index (χ3v) is 3.60. The van der Waals surface area contributed by atoms with Gasteiger partial charge in [0.2, 0.25) is 0 Å².